The maximum Gasteiger partial charge on any atom is 0.297 e. The third-order valence-corrected chi connectivity index (χ3v) is 17.0. The van der Waals surface area contributed by atoms with Crippen LogP contribution in [0.2, 0.25) is 23.7 Å². The number of hydrogen-bond acceptors (Lipinski definition) is 8. The zero-order valence-electron chi connectivity index (χ0n) is 33.8. The van der Waals surface area contributed by atoms with Crippen LogP contribution in [-0.2, 0) is 28.2 Å². The van der Waals surface area contributed by atoms with Gasteiger partial charge in [0.05, 0.1) is 58.8 Å². The zero-order chi connectivity index (χ0) is 41.5. The number of rotatable bonds is 13. The molecule has 1 unspecified atom stereocenters. The topological polar surface area (TPSA) is 121 Å². The molecule has 1 saturated heterocycles. The second-order valence-corrected chi connectivity index (χ2v) is 21.1. The fourth-order valence-electron chi connectivity index (χ4n) is 9.43. The maximum absolute atomic E-state index is 15.4. The van der Waals surface area contributed by atoms with E-state index in [1.165, 1.54) is 16.9 Å². The Morgan fingerprint density at radius 1 is 0.932 bits per heavy atom. The van der Waals surface area contributed by atoms with Gasteiger partial charge in [-0.3, -0.25) is 18.8 Å². The van der Waals surface area contributed by atoms with Gasteiger partial charge in [-0.05, 0) is 77.7 Å². The van der Waals surface area contributed by atoms with E-state index < -0.39 is 13.7 Å². The molecule has 4 heterocycles. The Bertz CT molecular complexity index is 2530. The Morgan fingerprint density at radius 3 is 2.44 bits per heavy atom. The molecule has 0 saturated carbocycles. The minimum atomic E-state index is -2.43. The number of aromatic nitrogens is 4. The largest absolute Gasteiger partial charge is 0.497 e. The molecule has 6 aromatic rings. The highest BCUT2D eigenvalue weighted by molar-refractivity contribution is 6.91. The number of carbonyl (C=O) groups is 1. The van der Waals surface area contributed by atoms with E-state index in [0.717, 1.165) is 28.1 Å². The number of ether oxygens (including phenoxy) is 3. The van der Waals surface area contributed by atoms with Gasteiger partial charge >= 0.3 is 0 Å². The summed E-state index contributed by atoms with van der Waals surface area (Å²) < 4.78 is 21.5. The quantitative estimate of drug-likeness (QED) is 0.123. The standard InChI is InChI=1S/C46H48ClN5O6Si/c1-30-43(59(4,5)36-19-17-35(56-2)18-20-36)41(22-24-50-28-39(48-49-50)37(29-53)32-12-7-6-8-13-32)58-46(30)38-26-33(47)16-21-40(38)52(45(46)55)27-31-11-9-14-34(25-31)51-23-10-15-42(57-3)44(51)54/h6-21,23,25-26,28,30,37,41,43,53H,22,24,27,29H2,1-5H3/t30-,37?,41+,43-,46+/m0/s1. The number of aliphatic hydroxyl groups excluding tert-OH is 1. The summed E-state index contributed by atoms with van der Waals surface area (Å²) in [5, 5.41) is 21.0. The Kier molecular flexibility index (Phi) is 11.1. The van der Waals surface area contributed by atoms with Gasteiger partial charge in [0.2, 0.25) is 0 Å². The summed E-state index contributed by atoms with van der Waals surface area (Å²) in [5.74, 6) is 0.340. The van der Waals surface area contributed by atoms with E-state index >= 15 is 4.79 Å². The minimum absolute atomic E-state index is 0.00704. The molecule has 8 rings (SSSR count). The predicted molar refractivity (Wildman–Crippen MR) is 231 cm³/mol. The third-order valence-electron chi connectivity index (χ3n) is 12.4. The highest BCUT2D eigenvalue weighted by Crippen LogP contribution is 2.60. The summed E-state index contributed by atoms with van der Waals surface area (Å²) in [4.78, 5) is 30.4. The van der Waals surface area contributed by atoms with Gasteiger partial charge in [-0.1, -0.05) is 96.6 Å². The third kappa shape index (κ3) is 7.18. The summed E-state index contributed by atoms with van der Waals surface area (Å²) in [6.07, 6.45) is 3.84. The Balaban J connectivity index is 1.15. The number of methoxy groups -OCH3 is 2. The lowest BCUT2D eigenvalue weighted by molar-refractivity contribution is -0.146. The molecular weight excluding hydrogens is 782 g/mol. The molecule has 11 nitrogen and oxygen atoms in total. The normalized spacial score (nSPS) is 20.6. The average molecular weight is 830 g/mol. The van der Waals surface area contributed by atoms with Gasteiger partial charge in [0, 0.05) is 41.1 Å². The first kappa shape index (κ1) is 40.3. The first-order valence-electron chi connectivity index (χ1n) is 19.8. The molecule has 1 fully saturated rings. The molecule has 13 heteroatoms. The summed E-state index contributed by atoms with van der Waals surface area (Å²) in [7, 11) is 0.712. The number of benzene rings is 4. The molecule has 304 valence electrons. The molecule has 1 amide bonds. The second-order valence-electron chi connectivity index (χ2n) is 16.0. The van der Waals surface area contributed by atoms with Crippen molar-refractivity contribution in [1.82, 2.24) is 19.6 Å². The van der Waals surface area contributed by atoms with Gasteiger partial charge in [0.25, 0.3) is 11.5 Å². The molecule has 2 aromatic heterocycles. The van der Waals surface area contributed by atoms with Crippen LogP contribution >= 0.6 is 11.6 Å². The first-order chi connectivity index (χ1) is 28.5. The van der Waals surface area contributed by atoms with Gasteiger partial charge in [-0.2, -0.15) is 0 Å². The molecule has 2 aliphatic rings. The van der Waals surface area contributed by atoms with Crippen molar-refractivity contribution in [2.24, 2.45) is 5.92 Å². The van der Waals surface area contributed by atoms with Crippen molar-refractivity contribution in [3.05, 3.63) is 159 Å². The van der Waals surface area contributed by atoms with E-state index in [-0.39, 0.29) is 53.8 Å². The number of carbonyl (C=O) groups excluding carboxylic acids is 1. The minimum Gasteiger partial charge on any atom is -0.497 e. The summed E-state index contributed by atoms with van der Waals surface area (Å²) in [5.41, 5.74) is 3.06. The maximum atomic E-state index is 15.4. The highest BCUT2D eigenvalue weighted by Gasteiger charge is 2.66. The van der Waals surface area contributed by atoms with Crippen molar-refractivity contribution in [3.8, 4) is 17.2 Å². The van der Waals surface area contributed by atoms with E-state index in [9.17, 15) is 9.90 Å². The van der Waals surface area contributed by atoms with Gasteiger partial charge < -0.3 is 24.2 Å². The Hall–Kier alpha value is -5.53. The van der Waals surface area contributed by atoms with Crippen LogP contribution in [0.5, 0.6) is 11.5 Å². The number of aryl methyl sites for hydroxylation is 1. The molecule has 0 radical (unpaired) electrons. The predicted octanol–water partition coefficient (Wildman–Crippen LogP) is 7.08. The smallest absolute Gasteiger partial charge is 0.297 e. The monoisotopic (exact) mass is 829 g/mol. The van der Waals surface area contributed by atoms with Crippen LogP contribution in [0.4, 0.5) is 5.69 Å². The van der Waals surface area contributed by atoms with Crippen molar-refractivity contribution in [2.75, 3.05) is 25.7 Å². The molecule has 4 aromatic carbocycles. The molecular formula is C46H48ClN5O6Si. The van der Waals surface area contributed by atoms with Crippen molar-refractivity contribution in [3.63, 3.8) is 0 Å². The van der Waals surface area contributed by atoms with Crippen LogP contribution in [0.1, 0.15) is 41.6 Å². The summed E-state index contributed by atoms with van der Waals surface area (Å²) >= 11 is 6.76. The number of aliphatic hydroxyl groups is 1. The highest BCUT2D eigenvalue weighted by atomic mass is 35.5. The summed E-state index contributed by atoms with van der Waals surface area (Å²) in [6, 6.07) is 34.7. The lowest BCUT2D eigenvalue weighted by Crippen LogP contribution is -2.51. The van der Waals surface area contributed by atoms with E-state index in [2.05, 4.69) is 42.5 Å². The van der Waals surface area contributed by atoms with Crippen LogP contribution in [0.15, 0.2) is 126 Å². The van der Waals surface area contributed by atoms with E-state index in [1.54, 1.807) is 30.3 Å². The first-order valence-corrected chi connectivity index (χ1v) is 23.3. The number of amides is 1. The molecule has 5 atom stereocenters. The molecule has 0 bridgehead atoms. The molecule has 0 aliphatic carbocycles. The van der Waals surface area contributed by atoms with Gasteiger partial charge in [-0.15, -0.1) is 5.10 Å². The number of nitrogens with zero attached hydrogens (tertiary/aromatic N) is 5. The van der Waals surface area contributed by atoms with Crippen molar-refractivity contribution < 1.29 is 24.1 Å². The van der Waals surface area contributed by atoms with E-state index in [4.69, 9.17) is 25.8 Å². The molecule has 2 aliphatic heterocycles. The number of hydrogen-bond donors (Lipinski definition) is 1. The van der Waals surface area contributed by atoms with Gasteiger partial charge in [0.15, 0.2) is 11.4 Å². The van der Waals surface area contributed by atoms with Crippen molar-refractivity contribution in [1.29, 1.82) is 0 Å². The fraction of sp³-hybridized carbons (Fsp3) is 0.304. The van der Waals surface area contributed by atoms with Crippen molar-refractivity contribution in [2.45, 2.75) is 62.7 Å². The van der Waals surface area contributed by atoms with Gasteiger partial charge in [-0.25, -0.2) is 0 Å². The van der Waals surface area contributed by atoms with Crippen LogP contribution in [0, 0.1) is 5.92 Å². The molecule has 1 N–H and O–H groups in total. The fourth-order valence-corrected chi connectivity index (χ4v) is 13.7. The molecule has 59 heavy (non-hydrogen) atoms. The van der Waals surface area contributed by atoms with Crippen molar-refractivity contribution >= 4 is 36.5 Å². The van der Waals surface area contributed by atoms with Crippen LogP contribution in [-0.4, -0.2) is 65.6 Å². The Morgan fingerprint density at radius 2 is 1.71 bits per heavy atom. The number of fused-ring (bicyclic) bond motifs is 2. The lowest BCUT2D eigenvalue weighted by Gasteiger charge is -2.37. The average Bonchev–Trinajstić information content (AvgIpc) is 3.91. The number of anilines is 1. The van der Waals surface area contributed by atoms with E-state index in [0.29, 0.717) is 29.4 Å². The zero-order valence-corrected chi connectivity index (χ0v) is 35.5. The lowest BCUT2D eigenvalue weighted by atomic mass is 9.82. The molecule has 1 spiro atoms. The van der Waals surface area contributed by atoms with E-state index in [1.807, 2.05) is 95.8 Å². The van der Waals surface area contributed by atoms with Crippen LogP contribution < -0.4 is 25.1 Å². The van der Waals surface area contributed by atoms with Gasteiger partial charge in [0.1, 0.15) is 5.75 Å². The Labute approximate surface area is 349 Å². The van der Waals surface area contributed by atoms with Crippen LogP contribution in [0.25, 0.3) is 5.69 Å². The number of pyridine rings is 1. The number of halogens is 1. The second kappa shape index (κ2) is 16.3. The summed E-state index contributed by atoms with van der Waals surface area (Å²) in [6.45, 7) is 7.52. The van der Waals surface area contributed by atoms with Crippen LogP contribution in [0.3, 0.4) is 0 Å². The SMILES string of the molecule is COc1ccc([Si](C)(C)[C@@H]2[C@@H](CCn3cc(C(CO)c4ccccc4)nn3)O[C@]3(C(=O)N(Cc4cccc(-n5cccc(OC)c5=O)c4)c4ccc(Cl)cc43)[C@H]2C)cc1.